The number of hydrogen-bond donors (Lipinski definition) is 3. The molecule has 0 aliphatic rings. The Bertz CT molecular complexity index is 938. The maximum Gasteiger partial charge on any atom is 0.333 e. The van der Waals surface area contributed by atoms with E-state index in [-0.39, 0.29) is 5.69 Å². The van der Waals surface area contributed by atoms with Gasteiger partial charge in [0.25, 0.3) is 5.91 Å². The smallest absolute Gasteiger partial charge is 0.333 e. The maximum atomic E-state index is 12.9. The predicted octanol–water partition coefficient (Wildman–Crippen LogP) is 1.31. The van der Waals surface area contributed by atoms with E-state index in [9.17, 15) is 17.1 Å². The molecule has 0 aliphatic heterocycles. The third-order valence-corrected chi connectivity index (χ3v) is 4.10. The number of hydrogen-bond acceptors (Lipinski definition) is 5. The van der Waals surface area contributed by atoms with Gasteiger partial charge in [-0.05, 0) is 11.6 Å². The quantitative estimate of drug-likeness (QED) is 0.600. The van der Waals surface area contributed by atoms with Crippen molar-refractivity contribution >= 4 is 16.1 Å². The summed E-state index contributed by atoms with van der Waals surface area (Å²) in [5.74, 6) is -0.213. The monoisotopic (exact) mass is 349 g/mol. The van der Waals surface area contributed by atoms with Gasteiger partial charge in [0.1, 0.15) is 23.0 Å². The molecule has 1 amide bonds. The van der Waals surface area contributed by atoms with E-state index >= 15 is 0 Å². The minimum atomic E-state index is -4.88. The number of H-pyrrole nitrogens is 2. The lowest BCUT2D eigenvalue weighted by atomic mass is 10.1. The molecule has 0 saturated carbocycles. The molecule has 0 spiro atoms. The molecular weight excluding hydrogens is 337 g/mol. The predicted molar refractivity (Wildman–Crippen MR) is 81.2 cm³/mol. The molecule has 8 nitrogen and oxygen atoms in total. The lowest BCUT2D eigenvalue weighted by molar-refractivity contribution is 0.0937. The standard InChI is InChI=1S/C14H12FN5O3S/c15-24(22,23)10-6-11(16-7-10)14(21)19-12(13-17-8-18-20-13)9-4-2-1-3-5-9/h1-8,12,16H,(H,19,21)(H,17,18,20). The summed E-state index contributed by atoms with van der Waals surface area (Å²) in [5, 5.41) is 9.14. The second kappa shape index (κ2) is 6.24. The van der Waals surface area contributed by atoms with Crippen LogP contribution in [0.1, 0.15) is 27.9 Å². The van der Waals surface area contributed by atoms with Gasteiger partial charge in [-0.3, -0.25) is 9.89 Å². The van der Waals surface area contributed by atoms with E-state index in [1.807, 2.05) is 6.07 Å². The molecule has 0 aliphatic carbocycles. The summed E-state index contributed by atoms with van der Waals surface area (Å²) in [4.78, 5) is 18.2. The molecule has 10 heteroatoms. The Morgan fingerprint density at radius 3 is 2.58 bits per heavy atom. The van der Waals surface area contributed by atoms with Crippen LogP contribution in [-0.4, -0.2) is 34.5 Å². The van der Waals surface area contributed by atoms with Gasteiger partial charge in [0.05, 0.1) is 0 Å². The third-order valence-electron chi connectivity index (χ3n) is 3.30. The number of nitrogens with one attached hydrogen (secondary N) is 3. The Balaban J connectivity index is 1.88. The first-order valence-electron chi connectivity index (χ1n) is 6.79. The average molecular weight is 349 g/mol. The van der Waals surface area contributed by atoms with Crippen LogP contribution in [0.25, 0.3) is 0 Å². The van der Waals surface area contributed by atoms with E-state index in [1.165, 1.54) is 6.33 Å². The highest BCUT2D eigenvalue weighted by atomic mass is 32.3. The van der Waals surface area contributed by atoms with Crippen LogP contribution in [0.4, 0.5) is 3.89 Å². The number of benzene rings is 1. The zero-order chi connectivity index (χ0) is 17.2. The highest BCUT2D eigenvalue weighted by Gasteiger charge is 2.22. The first-order chi connectivity index (χ1) is 11.4. The lowest BCUT2D eigenvalue weighted by Crippen LogP contribution is -2.30. The van der Waals surface area contributed by atoms with Gasteiger partial charge in [-0.2, -0.15) is 13.5 Å². The summed E-state index contributed by atoms with van der Waals surface area (Å²) in [6, 6.07) is 9.30. The molecule has 1 unspecified atom stereocenters. The van der Waals surface area contributed by atoms with Crippen LogP contribution < -0.4 is 5.32 Å². The Labute approximate surface area is 136 Å². The Morgan fingerprint density at radius 1 is 1.25 bits per heavy atom. The van der Waals surface area contributed by atoms with Crippen LogP contribution in [0.5, 0.6) is 0 Å². The zero-order valence-corrected chi connectivity index (χ0v) is 12.9. The summed E-state index contributed by atoms with van der Waals surface area (Å²) in [6.07, 6.45) is 2.22. The number of nitrogens with zero attached hydrogens (tertiary/aromatic N) is 2. The SMILES string of the molecule is O=C(NC(c1ccccc1)c1ncn[nH]1)c1cc(S(=O)(=O)F)c[nH]1. The van der Waals surface area contributed by atoms with Crippen molar-refractivity contribution in [2.45, 2.75) is 10.9 Å². The fourth-order valence-corrected chi connectivity index (χ4v) is 2.62. The van der Waals surface area contributed by atoms with Crippen molar-refractivity contribution in [1.29, 1.82) is 0 Å². The van der Waals surface area contributed by atoms with Crippen molar-refractivity contribution in [3.05, 3.63) is 66.0 Å². The summed E-state index contributed by atoms with van der Waals surface area (Å²) in [5.41, 5.74) is 0.652. The average Bonchev–Trinajstić information content (AvgIpc) is 3.24. The molecule has 0 fully saturated rings. The molecule has 0 saturated heterocycles. The zero-order valence-electron chi connectivity index (χ0n) is 12.1. The molecule has 3 N–H and O–H groups in total. The third kappa shape index (κ3) is 3.33. The molecule has 124 valence electrons. The largest absolute Gasteiger partial charge is 0.356 e. The van der Waals surface area contributed by atoms with E-state index in [2.05, 4.69) is 25.5 Å². The van der Waals surface area contributed by atoms with Crippen LogP contribution >= 0.6 is 0 Å². The first kappa shape index (κ1) is 15.9. The fraction of sp³-hybridized carbons (Fsp3) is 0.0714. The molecule has 0 bridgehead atoms. The van der Waals surface area contributed by atoms with Gasteiger partial charge >= 0.3 is 10.2 Å². The number of carbonyl (C=O) groups excluding carboxylic acids is 1. The number of rotatable bonds is 5. The number of carbonyl (C=O) groups is 1. The van der Waals surface area contributed by atoms with Gasteiger partial charge in [-0.1, -0.05) is 30.3 Å². The van der Waals surface area contributed by atoms with Gasteiger partial charge in [-0.15, -0.1) is 3.89 Å². The Kier molecular flexibility index (Phi) is 4.13. The normalized spacial score (nSPS) is 12.7. The fourth-order valence-electron chi connectivity index (χ4n) is 2.16. The number of aromatic amines is 2. The van der Waals surface area contributed by atoms with Crippen molar-refractivity contribution in [1.82, 2.24) is 25.5 Å². The first-order valence-corrected chi connectivity index (χ1v) is 8.17. The van der Waals surface area contributed by atoms with Crippen LogP contribution in [-0.2, 0) is 10.2 Å². The summed E-state index contributed by atoms with van der Waals surface area (Å²) >= 11 is 0. The van der Waals surface area contributed by atoms with Gasteiger partial charge in [0.2, 0.25) is 0 Å². The van der Waals surface area contributed by atoms with Gasteiger partial charge in [0, 0.05) is 6.20 Å². The molecule has 24 heavy (non-hydrogen) atoms. The highest BCUT2D eigenvalue weighted by Crippen LogP contribution is 2.19. The number of halogens is 1. The van der Waals surface area contributed by atoms with Crippen LogP contribution in [0, 0.1) is 0 Å². The molecule has 3 rings (SSSR count). The Morgan fingerprint density at radius 2 is 2.00 bits per heavy atom. The van der Waals surface area contributed by atoms with E-state index in [0.29, 0.717) is 5.82 Å². The Hall–Kier alpha value is -3.01. The number of amides is 1. The van der Waals surface area contributed by atoms with Gasteiger partial charge in [0.15, 0.2) is 5.82 Å². The van der Waals surface area contributed by atoms with Crippen LogP contribution in [0.15, 0.2) is 53.8 Å². The van der Waals surface area contributed by atoms with Crippen LogP contribution in [0.2, 0.25) is 0 Å². The topological polar surface area (TPSA) is 121 Å². The lowest BCUT2D eigenvalue weighted by Gasteiger charge is -2.16. The molecule has 1 aromatic carbocycles. The summed E-state index contributed by atoms with van der Waals surface area (Å²) < 4.78 is 34.7. The molecular formula is C14H12FN5O3S. The van der Waals surface area contributed by atoms with E-state index in [0.717, 1.165) is 17.8 Å². The second-order valence-corrected chi connectivity index (χ2v) is 6.22. The number of aromatic nitrogens is 4. The van der Waals surface area contributed by atoms with Crippen LogP contribution in [0.3, 0.4) is 0 Å². The molecule has 2 aromatic heterocycles. The van der Waals surface area contributed by atoms with Gasteiger partial charge in [-0.25, -0.2) is 4.98 Å². The van der Waals surface area contributed by atoms with Gasteiger partial charge < -0.3 is 10.3 Å². The van der Waals surface area contributed by atoms with Crippen molar-refractivity contribution in [3.8, 4) is 0 Å². The minimum absolute atomic E-state index is 0.0910. The van der Waals surface area contributed by atoms with Crippen molar-refractivity contribution in [2.75, 3.05) is 0 Å². The molecule has 3 aromatic rings. The molecule has 0 radical (unpaired) electrons. The second-order valence-electron chi connectivity index (χ2n) is 4.87. The molecule has 1 atom stereocenters. The highest BCUT2D eigenvalue weighted by molar-refractivity contribution is 7.86. The minimum Gasteiger partial charge on any atom is -0.356 e. The van der Waals surface area contributed by atoms with Crippen molar-refractivity contribution in [3.63, 3.8) is 0 Å². The van der Waals surface area contributed by atoms with E-state index < -0.39 is 27.1 Å². The van der Waals surface area contributed by atoms with Crippen molar-refractivity contribution < 1.29 is 17.1 Å². The van der Waals surface area contributed by atoms with E-state index in [4.69, 9.17) is 0 Å². The molecule has 2 heterocycles. The summed E-state index contributed by atoms with van der Waals surface area (Å²) in [6.45, 7) is 0. The van der Waals surface area contributed by atoms with Crippen molar-refractivity contribution in [2.24, 2.45) is 0 Å². The van der Waals surface area contributed by atoms with E-state index in [1.54, 1.807) is 24.3 Å². The maximum absolute atomic E-state index is 12.9. The summed E-state index contributed by atoms with van der Waals surface area (Å²) in [7, 11) is -4.88.